The Morgan fingerprint density at radius 3 is 3.06 bits per heavy atom. The van der Waals surface area contributed by atoms with Crippen molar-refractivity contribution in [3.8, 4) is 0 Å². The number of hydrogen-bond acceptors (Lipinski definition) is 4. The normalized spacial score (nSPS) is 12.1. The third kappa shape index (κ3) is 5.99. The number of hydrazine groups is 1. The van der Waals surface area contributed by atoms with Crippen LogP contribution >= 0.6 is 0 Å². The zero-order valence-electron chi connectivity index (χ0n) is 10.1. The summed E-state index contributed by atoms with van der Waals surface area (Å²) in [5, 5.41) is 0. The summed E-state index contributed by atoms with van der Waals surface area (Å²) in [5.41, 5.74) is 3.11. The minimum Gasteiger partial charge on any atom is -0.378 e. The third-order valence-corrected chi connectivity index (χ3v) is 2.43. The molecule has 1 rings (SSSR count). The van der Waals surface area contributed by atoms with Gasteiger partial charge in [0.15, 0.2) is 0 Å². The van der Waals surface area contributed by atoms with Gasteiger partial charge >= 0.3 is 0 Å². The van der Waals surface area contributed by atoms with Crippen LogP contribution in [0.25, 0.3) is 0 Å². The molecular formula is C12H19N3O2. The number of carbonyl (C=O) groups excluding carboxylic acids is 1. The van der Waals surface area contributed by atoms with Crippen LogP contribution in [0.2, 0.25) is 0 Å². The van der Waals surface area contributed by atoms with E-state index in [0.29, 0.717) is 19.4 Å². The number of hydrogen-bond donors (Lipinski definition) is 2. The van der Waals surface area contributed by atoms with E-state index in [1.165, 1.54) is 0 Å². The van der Waals surface area contributed by atoms with E-state index in [2.05, 4.69) is 10.4 Å². The Hall–Kier alpha value is -1.46. The monoisotopic (exact) mass is 237 g/mol. The quantitative estimate of drug-likeness (QED) is 0.418. The van der Waals surface area contributed by atoms with E-state index in [0.717, 1.165) is 12.1 Å². The maximum atomic E-state index is 10.9. The Balaban J connectivity index is 2.12. The smallest absolute Gasteiger partial charge is 0.233 e. The van der Waals surface area contributed by atoms with Gasteiger partial charge in [-0.2, -0.15) is 0 Å². The zero-order chi connectivity index (χ0) is 12.5. The first-order valence-corrected chi connectivity index (χ1v) is 5.73. The molecule has 1 atom stereocenters. The van der Waals surface area contributed by atoms with E-state index < -0.39 is 0 Å². The standard InChI is InChI=1S/C12H19N3O2/c1-10(5-6-12(16)15-13)17-9-7-11-4-2-3-8-14-11/h2-4,8,10H,5-7,9,13H2,1H3,(H,15,16). The highest BCUT2D eigenvalue weighted by Crippen LogP contribution is 2.03. The van der Waals surface area contributed by atoms with Gasteiger partial charge in [0.05, 0.1) is 12.7 Å². The molecule has 17 heavy (non-hydrogen) atoms. The molecule has 0 aliphatic rings. The van der Waals surface area contributed by atoms with Gasteiger partial charge in [-0.25, -0.2) is 5.84 Å². The highest BCUT2D eigenvalue weighted by Gasteiger charge is 2.06. The van der Waals surface area contributed by atoms with Crippen molar-refractivity contribution < 1.29 is 9.53 Å². The predicted molar refractivity (Wildman–Crippen MR) is 64.9 cm³/mol. The summed E-state index contributed by atoms with van der Waals surface area (Å²) in [4.78, 5) is 15.1. The first-order valence-electron chi connectivity index (χ1n) is 5.73. The Morgan fingerprint density at radius 1 is 1.59 bits per heavy atom. The molecule has 0 aromatic carbocycles. The van der Waals surface area contributed by atoms with Gasteiger partial charge in [-0.1, -0.05) is 6.07 Å². The average molecular weight is 237 g/mol. The lowest BCUT2D eigenvalue weighted by atomic mass is 10.2. The summed E-state index contributed by atoms with van der Waals surface area (Å²) in [6.45, 7) is 2.56. The second-order valence-corrected chi connectivity index (χ2v) is 3.86. The van der Waals surface area contributed by atoms with Crippen LogP contribution in [0.5, 0.6) is 0 Å². The minimum atomic E-state index is -0.162. The van der Waals surface area contributed by atoms with Crippen molar-refractivity contribution in [3.63, 3.8) is 0 Å². The summed E-state index contributed by atoms with van der Waals surface area (Å²) in [7, 11) is 0. The van der Waals surface area contributed by atoms with Crippen LogP contribution in [0.1, 0.15) is 25.5 Å². The molecule has 0 aliphatic carbocycles. The molecule has 1 aromatic heterocycles. The lowest BCUT2D eigenvalue weighted by Crippen LogP contribution is -2.30. The number of ether oxygens (including phenoxy) is 1. The van der Waals surface area contributed by atoms with Gasteiger partial charge < -0.3 is 4.74 Å². The lowest BCUT2D eigenvalue weighted by Gasteiger charge is -2.12. The molecule has 1 unspecified atom stereocenters. The molecule has 0 spiro atoms. The predicted octanol–water partition coefficient (Wildman–Crippen LogP) is 0.799. The topological polar surface area (TPSA) is 77.2 Å². The first kappa shape index (κ1) is 13.6. The number of carbonyl (C=O) groups is 1. The molecular weight excluding hydrogens is 218 g/mol. The maximum absolute atomic E-state index is 10.9. The van der Waals surface area contributed by atoms with E-state index >= 15 is 0 Å². The van der Waals surface area contributed by atoms with Crippen molar-refractivity contribution in [1.82, 2.24) is 10.4 Å². The van der Waals surface area contributed by atoms with Gasteiger partial charge in [0.25, 0.3) is 0 Å². The molecule has 3 N–H and O–H groups in total. The molecule has 0 bridgehead atoms. The zero-order valence-corrected chi connectivity index (χ0v) is 10.1. The molecule has 0 radical (unpaired) electrons. The highest BCUT2D eigenvalue weighted by molar-refractivity contribution is 5.75. The van der Waals surface area contributed by atoms with Crippen molar-refractivity contribution in [2.24, 2.45) is 5.84 Å². The maximum Gasteiger partial charge on any atom is 0.233 e. The number of rotatable bonds is 7. The lowest BCUT2D eigenvalue weighted by molar-refractivity contribution is -0.121. The Bertz CT molecular complexity index is 330. The van der Waals surface area contributed by atoms with Gasteiger partial charge in [0.2, 0.25) is 5.91 Å². The molecule has 0 saturated heterocycles. The average Bonchev–Trinajstić information content (AvgIpc) is 2.37. The van der Waals surface area contributed by atoms with E-state index in [1.54, 1.807) is 6.20 Å². The number of nitrogens with two attached hydrogens (primary N) is 1. The van der Waals surface area contributed by atoms with Gasteiger partial charge in [-0.05, 0) is 25.5 Å². The molecule has 5 nitrogen and oxygen atoms in total. The molecule has 1 amide bonds. The van der Waals surface area contributed by atoms with Crippen LogP contribution in [0.4, 0.5) is 0 Å². The summed E-state index contributed by atoms with van der Waals surface area (Å²) in [6, 6.07) is 5.81. The number of aromatic nitrogens is 1. The van der Waals surface area contributed by atoms with E-state index in [4.69, 9.17) is 10.6 Å². The third-order valence-electron chi connectivity index (χ3n) is 2.43. The number of pyridine rings is 1. The summed E-state index contributed by atoms with van der Waals surface area (Å²) >= 11 is 0. The van der Waals surface area contributed by atoms with Crippen LogP contribution in [0.3, 0.4) is 0 Å². The summed E-state index contributed by atoms with van der Waals surface area (Å²) in [5.74, 6) is 4.82. The van der Waals surface area contributed by atoms with Crippen molar-refractivity contribution in [2.75, 3.05) is 6.61 Å². The fourth-order valence-corrected chi connectivity index (χ4v) is 1.40. The van der Waals surface area contributed by atoms with E-state index in [-0.39, 0.29) is 12.0 Å². The molecule has 0 fully saturated rings. The second-order valence-electron chi connectivity index (χ2n) is 3.86. The van der Waals surface area contributed by atoms with Gasteiger partial charge in [-0.3, -0.25) is 15.2 Å². The fourth-order valence-electron chi connectivity index (χ4n) is 1.40. The van der Waals surface area contributed by atoms with Crippen molar-refractivity contribution >= 4 is 5.91 Å². The van der Waals surface area contributed by atoms with Gasteiger partial charge in [-0.15, -0.1) is 0 Å². The van der Waals surface area contributed by atoms with Crippen LogP contribution in [0.15, 0.2) is 24.4 Å². The Kier molecular flexibility index (Phi) is 6.21. The van der Waals surface area contributed by atoms with E-state index in [9.17, 15) is 4.79 Å². The fraction of sp³-hybridized carbons (Fsp3) is 0.500. The molecule has 94 valence electrons. The number of nitrogens with zero attached hydrogens (tertiary/aromatic N) is 1. The van der Waals surface area contributed by atoms with Crippen LogP contribution in [0, 0.1) is 0 Å². The Labute approximate surface area is 101 Å². The number of nitrogens with one attached hydrogen (secondary N) is 1. The van der Waals surface area contributed by atoms with Crippen LogP contribution in [-0.4, -0.2) is 23.6 Å². The van der Waals surface area contributed by atoms with Crippen molar-refractivity contribution in [1.29, 1.82) is 0 Å². The van der Waals surface area contributed by atoms with E-state index in [1.807, 2.05) is 25.1 Å². The molecule has 0 saturated carbocycles. The first-order chi connectivity index (χ1) is 8.22. The number of amides is 1. The summed E-state index contributed by atoms with van der Waals surface area (Å²) < 4.78 is 5.58. The van der Waals surface area contributed by atoms with Crippen molar-refractivity contribution in [2.45, 2.75) is 32.3 Å². The summed E-state index contributed by atoms with van der Waals surface area (Å²) in [6.07, 6.45) is 3.67. The van der Waals surface area contributed by atoms with Crippen LogP contribution in [-0.2, 0) is 16.0 Å². The highest BCUT2D eigenvalue weighted by atomic mass is 16.5. The molecule has 1 aromatic rings. The molecule has 1 heterocycles. The largest absolute Gasteiger partial charge is 0.378 e. The van der Waals surface area contributed by atoms with Crippen molar-refractivity contribution in [3.05, 3.63) is 30.1 Å². The van der Waals surface area contributed by atoms with Crippen LogP contribution < -0.4 is 11.3 Å². The SMILES string of the molecule is CC(CCC(=O)NN)OCCc1ccccn1. The Morgan fingerprint density at radius 2 is 2.41 bits per heavy atom. The molecule has 0 aliphatic heterocycles. The second kappa shape index (κ2) is 7.76. The van der Waals surface area contributed by atoms with Gasteiger partial charge in [0, 0.05) is 24.7 Å². The van der Waals surface area contributed by atoms with Gasteiger partial charge in [0.1, 0.15) is 0 Å². The molecule has 5 heteroatoms. The minimum absolute atomic E-state index is 0.0519.